The zero-order chi connectivity index (χ0) is 25.1. The molecule has 1 aliphatic heterocycles. The fraction of sp³-hybridized carbons (Fsp3) is 0.241. The van der Waals surface area contributed by atoms with Crippen molar-refractivity contribution in [2.45, 2.75) is 26.3 Å². The Morgan fingerprint density at radius 3 is 2.09 bits per heavy atom. The molecule has 4 rings (SSSR count). The fourth-order valence-electron chi connectivity index (χ4n) is 4.29. The van der Waals surface area contributed by atoms with Gasteiger partial charge in [0.1, 0.15) is 11.5 Å². The SMILES string of the molecule is CCOc1ccc(C2/C(=C(\O)c3ccc(CC)cc3)C(=O)C(=O)N2c2ccc(N(C)C)cc2)cc1. The molecular weight excluding hydrogens is 440 g/mol. The van der Waals surface area contributed by atoms with Crippen LogP contribution in [0.5, 0.6) is 5.75 Å². The van der Waals surface area contributed by atoms with Crippen LogP contribution in [0.3, 0.4) is 0 Å². The smallest absolute Gasteiger partial charge is 0.300 e. The molecule has 3 aromatic carbocycles. The van der Waals surface area contributed by atoms with Crippen LogP contribution in [0.15, 0.2) is 78.4 Å². The van der Waals surface area contributed by atoms with Gasteiger partial charge in [0.15, 0.2) is 0 Å². The maximum atomic E-state index is 13.3. The molecule has 1 saturated heterocycles. The molecule has 0 aliphatic carbocycles. The minimum atomic E-state index is -0.776. The van der Waals surface area contributed by atoms with Gasteiger partial charge in [-0.05, 0) is 60.9 Å². The summed E-state index contributed by atoms with van der Waals surface area (Å²) < 4.78 is 5.56. The summed E-state index contributed by atoms with van der Waals surface area (Å²) in [7, 11) is 3.87. The molecule has 0 radical (unpaired) electrons. The summed E-state index contributed by atoms with van der Waals surface area (Å²) in [5.74, 6) is -0.873. The van der Waals surface area contributed by atoms with Gasteiger partial charge in [-0.3, -0.25) is 14.5 Å². The number of Topliss-reactive ketones (excluding diaryl/α,β-unsaturated/α-hetero) is 1. The normalized spacial score (nSPS) is 17.0. The molecule has 1 N–H and O–H groups in total. The Hall–Kier alpha value is -4.06. The number of anilines is 2. The first kappa shape index (κ1) is 24.1. The molecule has 35 heavy (non-hydrogen) atoms. The van der Waals surface area contributed by atoms with Crippen LogP contribution >= 0.6 is 0 Å². The molecule has 1 atom stereocenters. The van der Waals surface area contributed by atoms with Crippen LogP contribution in [-0.2, 0) is 16.0 Å². The molecule has 3 aromatic rings. The number of aliphatic hydroxyl groups excluding tert-OH is 1. The number of aryl methyl sites for hydroxylation is 1. The van der Waals surface area contributed by atoms with Crippen molar-refractivity contribution < 1.29 is 19.4 Å². The summed E-state index contributed by atoms with van der Waals surface area (Å²) in [5, 5.41) is 11.3. The minimum absolute atomic E-state index is 0.0695. The number of carbonyl (C=O) groups excluding carboxylic acids is 2. The maximum Gasteiger partial charge on any atom is 0.300 e. The molecule has 0 bridgehead atoms. The van der Waals surface area contributed by atoms with E-state index in [1.54, 1.807) is 12.1 Å². The molecule has 0 spiro atoms. The monoisotopic (exact) mass is 470 g/mol. The number of hydrogen-bond donors (Lipinski definition) is 1. The Morgan fingerprint density at radius 2 is 1.54 bits per heavy atom. The molecule has 1 fully saturated rings. The van der Waals surface area contributed by atoms with Gasteiger partial charge in [-0.1, -0.05) is 43.3 Å². The number of rotatable bonds is 7. The molecule has 6 heteroatoms. The number of amides is 1. The van der Waals surface area contributed by atoms with Gasteiger partial charge in [-0.15, -0.1) is 0 Å². The lowest BCUT2D eigenvalue weighted by molar-refractivity contribution is -0.132. The standard InChI is InChI=1S/C29H30N2O4/c1-5-19-7-9-21(10-8-19)27(32)25-26(20-11-17-24(18-12-20)35-6-2)31(29(34)28(25)33)23-15-13-22(14-16-23)30(3)4/h7-18,26,32H,5-6H2,1-4H3/b27-25+. The first-order valence-electron chi connectivity index (χ1n) is 11.8. The lowest BCUT2D eigenvalue weighted by Crippen LogP contribution is -2.29. The molecule has 1 aliphatic rings. The lowest BCUT2D eigenvalue weighted by atomic mass is 9.94. The first-order chi connectivity index (χ1) is 16.8. The van der Waals surface area contributed by atoms with E-state index in [1.807, 2.05) is 93.5 Å². The third-order valence-corrected chi connectivity index (χ3v) is 6.23. The number of ketones is 1. The van der Waals surface area contributed by atoms with Gasteiger partial charge < -0.3 is 14.7 Å². The predicted octanol–water partition coefficient (Wildman–Crippen LogP) is 5.34. The highest BCUT2D eigenvalue weighted by Gasteiger charge is 2.47. The Labute approximate surface area is 206 Å². The maximum absolute atomic E-state index is 13.3. The lowest BCUT2D eigenvalue weighted by Gasteiger charge is -2.26. The Kier molecular flexibility index (Phi) is 6.92. The van der Waals surface area contributed by atoms with Crippen LogP contribution in [0.25, 0.3) is 5.76 Å². The van der Waals surface area contributed by atoms with E-state index in [9.17, 15) is 14.7 Å². The van der Waals surface area contributed by atoms with E-state index in [1.165, 1.54) is 4.90 Å². The van der Waals surface area contributed by atoms with E-state index < -0.39 is 17.7 Å². The average Bonchev–Trinajstić information content (AvgIpc) is 3.14. The molecule has 6 nitrogen and oxygen atoms in total. The van der Waals surface area contributed by atoms with Crippen LogP contribution in [-0.4, -0.2) is 37.5 Å². The number of carbonyl (C=O) groups is 2. The van der Waals surface area contributed by atoms with E-state index in [0.717, 1.165) is 17.7 Å². The molecule has 1 heterocycles. The van der Waals surface area contributed by atoms with Crippen molar-refractivity contribution in [2.24, 2.45) is 0 Å². The van der Waals surface area contributed by atoms with Gasteiger partial charge >= 0.3 is 0 Å². The number of benzene rings is 3. The van der Waals surface area contributed by atoms with Crippen LogP contribution in [0.2, 0.25) is 0 Å². The fourth-order valence-corrected chi connectivity index (χ4v) is 4.29. The Bertz CT molecular complexity index is 1240. The van der Waals surface area contributed by atoms with E-state index in [-0.39, 0.29) is 11.3 Å². The molecule has 1 unspecified atom stereocenters. The summed E-state index contributed by atoms with van der Waals surface area (Å²) in [4.78, 5) is 30.1. The third kappa shape index (κ3) is 4.64. The predicted molar refractivity (Wildman–Crippen MR) is 139 cm³/mol. The number of aliphatic hydroxyl groups is 1. The summed E-state index contributed by atoms with van der Waals surface area (Å²) in [5.41, 5.74) is 3.94. The Balaban J connectivity index is 1.86. The molecule has 0 aromatic heterocycles. The van der Waals surface area contributed by atoms with Gasteiger partial charge in [0.05, 0.1) is 18.2 Å². The zero-order valence-corrected chi connectivity index (χ0v) is 20.5. The largest absolute Gasteiger partial charge is 0.507 e. The van der Waals surface area contributed by atoms with Crippen molar-refractivity contribution in [3.05, 3.63) is 95.1 Å². The van der Waals surface area contributed by atoms with Gasteiger partial charge in [-0.2, -0.15) is 0 Å². The average molecular weight is 471 g/mol. The van der Waals surface area contributed by atoms with Gasteiger partial charge in [-0.25, -0.2) is 0 Å². The first-order valence-corrected chi connectivity index (χ1v) is 11.8. The van der Waals surface area contributed by atoms with Crippen molar-refractivity contribution in [2.75, 3.05) is 30.5 Å². The van der Waals surface area contributed by atoms with E-state index in [2.05, 4.69) is 0 Å². The topological polar surface area (TPSA) is 70.1 Å². The second-order valence-electron chi connectivity index (χ2n) is 8.63. The number of ether oxygens (including phenoxy) is 1. The van der Waals surface area contributed by atoms with Crippen molar-refractivity contribution in [3.63, 3.8) is 0 Å². The second kappa shape index (κ2) is 10.1. The molecular formula is C29H30N2O4. The summed E-state index contributed by atoms with van der Waals surface area (Å²) in [6.45, 7) is 4.49. The van der Waals surface area contributed by atoms with Crippen molar-refractivity contribution in [1.29, 1.82) is 0 Å². The highest BCUT2D eigenvalue weighted by Crippen LogP contribution is 2.42. The summed E-state index contributed by atoms with van der Waals surface area (Å²) in [6.07, 6.45) is 0.862. The van der Waals surface area contributed by atoms with E-state index in [0.29, 0.717) is 29.2 Å². The van der Waals surface area contributed by atoms with Gasteiger partial charge in [0, 0.05) is 31.0 Å². The van der Waals surface area contributed by atoms with Crippen LogP contribution in [0, 0.1) is 0 Å². The highest BCUT2D eigenvalue weighted by atomic mass is 16.5. The van der Waals surface area contributed by atoms with Gasteiger partial charge in [0.25, 0.3) is 11.7 Å². The third-order valence-electron chi connectivity index (χ3n) is 6.23. The molecule has 0 saturated carbocycles. The number of nitrogens with zero attached hydrogens (tertiary/aromatic N) is 2. The van der Waals surface area contributed by atoms with E-state index in [4.69, 9.17) is 4.74 Å². The second-order valence-corrected chi connectivity index (χ2v) is 8.63. The zero-order valence-electron chi connectivity index (χ0n) is 20.5. The summed E-state index contributed by atoms with van der Waals surface area (Å²) >= 11 is 0. The number of hydrogen-bond acceptors (Lipinski definition) is 5. The summed E-state index contributed by atoms with van der Waals surface area (Å²) in [6, 6.07) is 21.3. The Morgan fingerprint density at radius 1 is 0.914 bits per heavy atom. The van der Waals surface area contributed by atoms with E-state index >= 15 is 0 Å². The molecule has 180 valence electrons. The molecule has 1 amide bonds. The quantitative estimate of drug-likeness (QED) is 0.287. The van der Waals surface area contributed by atoms with Crippen LogP contribution < -0.4 is 14.5 Å². The minimum Gasteiger partial charge on any atom is -0.507 e. The van der Waals surface area contributed by atoms with Crippen molar-refractivity contribution >= 4 is 28.8 Å². The van der Waals surface area contributed by atoms with Crippen LogP contribution in [0.1, 0.15) is 36.6 Å². The van der Waals surface area contributed by atoms with Crippen LogP contribution in [0.4, 0.5) is 11.4 Å². The van der Waals surface area contributed by atoms with Crippen molar-refractivity contribution in [3.8, 4) is 5.75 Å². The van der Waals surface area contributed by atoms with Gasteiger partial charge in [0.2, 0.25) is 0 Å². The highest BCUT2D eigenvalue weighted by molar-refractivity contribution is 6.51. The van der Waals surface area contributed by atoms with Crippen molar-refractivity contribution in [1.82, 2.24) is 0 Å².